The number of hydrogen-bond donors (Lipinski definition) is 1. The summed E-state index contributed by atoms with van der Waals surface area (Å²) < 4.78 is 5.41. The summed E-state index contributed by atoms with van der Waals surface area (Å²) in [5.74, 6) is 1.24. The summed E-state index contributed by atoms with van der Waals surface area (Å²) in [6.07, 6.45) is 5.19. The van der Waals surface area contributed by atoms with E-state index in [9.17, 15) is 9.59 Å². The minimum absolute atomic E-state index is 0.0178. The molecule has 1 N–H and O–H groups in total. The van der Waals surface area contributed by atoms with Gasteiger partial charge in [0.2, 0.25) is 11.8 Å². The molecule has 6 heteroatoms. The van der Waals surface area contributed by atoms with Crippen LogP contribution in [0.5, 0.6) is 5.75 Å². The van der Waals surface area contributed by atoms with Crippen molar-refractivity contribution < 1.29 is 14.3 Å². The van der Waals surface area contributed by atoms with E-state index >= 15 is 0 Å². The third-order valence-electron chi connectivity index (χ3n) is 6.44. The standard InChI is InChI=1S/C23H35N3O3/c1-17(20-9-5-6-10-21(20)29-3)24-22(27)18(2)25-15-11-19(12-16-25)23(28)26-13-7-4-8-14-26/h5-6,9-10,17-19H,4,7-8,11-16H2,1-3H3,(H,24,27). The Labute approximate surface area is 174 Å². The Morgan fingerprint density at radius 3 is 2.34 bits per heavy atom. The Bertz CT molecular complexity index is 694. The van der Waals surface area contributed by atoms with Crippen molar-refractivity contribution in [3.8, 4) is 5.75 Å². The number of methoxy groups -OCH3 is 1. The van der Waals surface area contributed by atoms with Crippen LogP contribution in [-0.2, 0) is 9.59 Å². The van der Waals surface area contributed by atoms with Crippen LogP contribution in [-0.4, -0.2) is 60.9 Å². The maximum absolute atomic E-state index is 12.8. The molecule has 3 rings (SSSR count). The van der Waals surface area contributed by atoms with Crippen molar-refractivity contribution in [2.45, 2.75) is 58.0 Å². The molecule has 0 radical (unpaired) electrons. The maximum atomic E-state index is 12.8. The summed E-state index contributed by atoms with van der Waals surface area (Å²) in [7, 11) is 1.64. The lowest BCUT2D eigenvalue weighted by atomic mass is 9.93. The van der Waals surface area contributed by atoms with Crippen molar-refractivity contribution in [3.63, 3.8) is 0 Å². The number of hydrogen-bond acceptors (Lipinski definition) is 4. The third kappa shape index (κ3) is 5.30. The van der Waals surface area contributed by atoms with Crippen LogP contribution in [0, 0.1) is 5.92 Å². The minimum atomic E-state index is -0.210. The molecule has 0 aromatic heterocycles. The van der Waals surface area contributed by atoms with Crippen LogP contribution >= 0.6 is 0 Å². The fourth-order valence-electron chi connectivity index (χ4n) is 4.51. The number of carbonyl (C=O) groups is 2. The summed E-state index contributed by atoms with van der Waals surface area (Å²) in [4.78, 5) is 29.8. The molecule has 2 aliphatic heterocycles. The molecule has 2 amide bonds. The topological polar surface area (TPSA) is 61.9 Å². The number of ether oxygens (including phenoxy) is 1. The van der Waals surface area contributed by atoms with E-state index in [0.717, 1.165) is 63.2 Å². The second-order valence-electron chi connectivity index (χ2n) is 8.34. The number of nitrogens with one attached hydrogen (secondary N) is 1. The quantitative estimate of drug-likeness (QED) is 0.796. The van der Waals surface area contributed by atoms with Gasteiger partial charge in [0, 0.05) is 24.6 Å². The van der Waals surface area contributed by atoms with Crippen LogP contribution in [0.4, 0.5) is 0 Å². The van der Waals surface area contributed by atoms with Gasteiger partial charge in [-0.2, -0.15) is 0 Å². The van der Waals surface area contributed by atoms with Gasteiger partial charge < -0.3 is 15.0 Å². The van der Waals surface area contributed by atoms with Crippen molar-refractivity contribution in [3.05, 3.63) is 29.8 Å². The first-order chi connectivity index (χ1) is 14.0. The molecule has 2 fully saturated rings. The fraction of sp³-hybridized carbons (Fsp3) is 0.652. The summed E-state index contributed by atoms with van der Waals surface area (Å²) in [5, 5.41) is 3.12. The van der Waals surface area contributed by atoms with Gasteiger partial charge in [0.25, 0.3) is 0 Å². The first kappa shape index (κ1) is 21.6. The van der Waals surface area contributed by atoms with Crippen molar-refractivity contribution in [2.24, 2.45) is 5.92 Å². The predicted molar refractivity (Wildman–Crippen MR) is 114 cm³/mol. The summed E-state index contributed by atoms with van der Waals surface area (Å²) in [6.45, 7) is 7.35. The molecule has 160 valence electrons. The van der Waals surface area contributed by atoms with E-state index in [-0.39, 0.29) is 23.9 Å². The highest BCUT2D eigenvalue weighted by Gasteiger charge is 2.32. The SMILES string of the molecule is COc1ccccc1C(C)NC(=O)C(C)N1CCC(C(=O)N2CCCCC2)CC1. The smallest absolute Gasteiger partial charge is 0.237 e. The van der Waals surface area contributed by atoms with E-state index in [1.165, 1.54) is 6.42 Å². The van der Waals surface area contributed by atoms with E-state index in [4.69, 9.17) is 4.74 Å². The summed E-state index contributed by atoms with van der Waals surface area (Å²) in [6, 6.07) is 7.43. The van der Waals surface area contributed by atoms with Crippen LogP contribution < -0.4 is 10.1 Å². The van der Waals surface area contributed by atoms with Gasteiger partial charge in [-0.25, -0.2) is 0 Å². The van der Waals surface area contributed by atoms with E-state index in [1.54, 1.807) is 7.11 Å². The zero-order chi connectivity index (χ0) is 20.8. The van der Waals surface area contributed by atoms with Gasteiger partial charge >= 0.3 is 0 Å². The molecule has 0 spiro atoms. The molecular weight excluding hydrogens is 366 g/mol. The predicted octanol–water partition coefficient (Wildman–Crippen LogP) is 2.99. The molecule has 29 heavy (non-hydrogen) atoms. The molecule has 2 heterocycles. The number of para-hydroxylation sites is 1. The average molecular weight is 402 g/mol. The lowest BCUT2D eigenvalue weighted by Gasteiger charge is -2.37. The normalized spacial score (nSPS) is 20.7. The van der Waals surface area contributed by atoms with E-state index in [0.29, 0.717) is 5.91 Å². The van der Waals surface area contributed by atoms with Crippen molar-refractivity contribution in [1.82, 2.24) is 15.1 Å². The summed E-state index contributed by atoms with van der Waals surface area (Å²) in [5.41, 5.74) is 0.974. The molecular formula is C23H35N3O3. The number of benzene rings is 1. The third-order valence-corrected chi connectivity index (χ3v) is 6.44. The minimum Gasteiger partial charge on any atom is -0.496 e. The van der Waals surface area contributed by atoms with Crippen molar-refractivity contribution >= 4 is 11.8 Å². The molecule has 0 saturated carbocycles. The van der Waals surface area contributed by atoms with Gasteiger partial charge in [-0.05, 0) is 65.1 Å². The molecule has 0 bridgehead atoms. The number of rotatable bonds is 6. The zero-order valence-corrected chi connectivity index (χ0v) is 18.0. The van der Waals surface area contributed by atoms with Gasteiger partial charge in [-0.1, -0.05) is 18.2 Å². The van der Waals surface area contributed by atoms with Crippen LogP contribution in [0.3, 0.4) is 0 Å². The molecule has 2 saturated heterocycles. The Balaban J connectivity index is 1.50. The first-order valence-electron chi connectivity index (χ1n) is 11.0. The van der Waals surface area contributed by atoms with Gasteiger partial charge in [0.1, 0.15) is 5.75 Å². The second-order valence-corrected chi connectivity index (χ2v) is 8.34. The molecule has 1 aromatic carbocycles. The Morgan fingerprint density at radius 2 is 1.69 bits per heavy atom. The van der Waals surface area contributed by atoms with Gasteiger partial charge in [0.05, 0.1) is 19.2 Å². The molecule has 2 unspecified atom stereocenters. The van der Waals surface area contributed by atoms with Gasteiger partial charge in [-0.3, -0.25) is 14.5 Å². The van der Waals surface area contributed by atoms with Gasteiger partial charge in [-0.15, -0.1) is 0 Å². The monoisotopic (exact) mass is 401 g/mol. The van der Waals surface area contributed by atoms with Gasteiger partial charge in [0.15, 0.2) is 0 Å². The highest BCUT2D eigenvalue weighted by molar-refractivity contribution is 5.82. The number of carbonyl (C=O) groups excluding carboxylic acids is 2. The van der Waals surface area contributed by atoms with Crippen LogP contribution in [0.2, 0.25) is 0 Å². The molecule has 2 atom stereocenters. The molecule has 1 aromatic rings. The average Bonchev–Trinajstić information content (AvgIpc) is 2.78. The second kappa shape index (κ2) is 10.1. The van der Waals surface area contributed by atoms with Crippen LogP contribution in [0.1, 0.15) is 57.6 Å². The first-order valence-corrected chi connectivity index (χ1v) is 11.0. The van der Waals surface area contributed by atoms with Crippen LogP contribution in [0.15, 0.2) is 24.3 Å². The largest absolute Gasteiger partial charge is 0.496 e. The van der Waals surface area contributed by atoms with Crippen LogP contribution in [0.25, 0.3) is 0 Å². The summed E-state index contributed by atoms with van der Waals surface area (Å²) >= 11 is 0. The fourth-order valence-corrected chi connectivity index (χ4v) is 4.51. The number of amides is 2. The van der Waals surface area contributed by atoms with E-state index in [1.807, 2.05) is 38.1 Å². The number of nitrogens with zero attached hydrogens (tertiary/aromatic N) is 2. The van der Waals surface area contributed by atoms with Crippen molar-refractivity contribution in [1.29, 1.82) is 0 Å². The highest BCUT2D eigenvalue weighted by Crippen LogP contribution is 2.26. The lowest BCUT2D eigenvalue weighted by molar-refractivity contribution is -0.138. The maximum Gasteiger partial charge on any atom is 0.237 e. The van der Waals surface area contributed by atoms with Crippen molar-refractivity contribution in [2.75, 3.05) is 33.3 Å². The Kier molecular flexibility index (Phi) is 7.53. The highest BCUT2D eigenvalue weighted by atomic mass is 16.5. The molecule has 0 aliphatic carbocycles. The zero-order valence-electron chi connectivity index (χ0n) is 18.0. The molecule has 2 aliphatic rings. The Morgan fingerprint density at radius 1 is 1.03 bits per heavy atom. The number of likely N-dealkylation sites (tertiary alicyclic amines) is 2. The number of piperidine rings is 2. The Hall–Kier alpha value is -2.08. The molecule has 6 nitrogen and oxygen atoms in total. The van der Waals surface area contributed by atoms with E-state index < -0.39 is 0 Å². The lowest BCUT2D eigenvalue weighted by Crippen LogP contribution is -2.50. The van der Waals surface area contributed by atoms with E-state index in [2.05, 4.69) is 15.1 Å².